The molecule has 1 unspecified atom stereocenters. The standard InChI is InChI=1S/C23H33NO4/c1-22(2,3)28-20(25)14-8-6-5-7-11-15-23(4,21(26)27)18-16-24-19-13-10-9-12-17(18)19/h9-10,12-13,16,24H,5-8,11,14-15H2,1-4H3,(H,26,27). The van der Waals surface area contributed by atoms with Gasteiger partial charge in [0.15, 0.2) is 0 Å². The molecule has 0 radical (unpaired) electrons. The lowest BCUT2D eigenvalue weighted by molar-refractivity contribution is -0.155. The zero-order valence-corrected chi connectivity index (χ0v) is 17.5. The Morgan fingerprint density at radius 2 is 1.64 bits per heavy atom. The van der Waals surface area contributed by atoms with Gasteiger partial charge < -0.3 is 14.8 Å². The van der Waals surface area contributed by atoms with Crippen molar-refractivity contribution in [3.8, 4) is 0 Å². The molecule has 2 N–H and O–H groups in total. The van der Waals surface area contributed by atoms with Crippen LogP contribution in [0.3, 0.4) is 0 Å². The molecule has 0 bridgehead atoms. The molecule has 1 heterocycles. The van der Waals surface area contributed by atoms with Crippen LogP contribution in [0, 0.1) is 0 Å². The Kier molecular flexibility index (Phi) is 7.28. The molecule has 0 saturated heterocycles. The molecule has 0 spiro atoms. The molecule has 154 valence electrons. The van der Waals surface area contributed by atoms with Gasteiger partial charge in [0.2, 0.25) is 0 Å². The summed E-state index contributed by atoms with van der Waals surface area (Å²) in [6, 6.07) is 7.81. The van der Waals surface area contributed by atoms with Crippen LogP contribution in [0.25, 0.3) is 10.9 Å². The molecule has 0 saturated carbocycles. The van der Waals surface area contributed by atoms with E-state index in [2.05, 4.69) is 4.98 Å². The Balaban J connectivity index is 1.80. The van der Waals surface area contributed by atoms with Gasteiger partial charge >= 0.3 is 11.9 Å². The number of nitrogens with one attached hydrogen (secondary N) is 1. The first-order chi connectivity index (χ1) is 13.1. The molecular weight excluding hydrogens is 354 g/mol. The molecule has 28 heavy (non-hydrogen) atoms. The lowest BCUT2D eigenvalue weighted by atomic mass is 9.78. The lowest BCUT2D eigenvalue weighted by Gasteiger charge is -2.24. The summed E-state index contributed by atoms with van der Waals surface area (Å²) in [5, 5.41) is 10.9. The molecule has 2 rings (SSSR count). The van der Waals surface area contributed by atoms with Crippen molar-refractivity contribution in [3.63, 3.8) is 0 Å². The molecule has 5 heteroatoms. The summed E-state index contributed by atoms with van der Waals surface area (Å²) >= 11 is 0. The highest BCUT2D eigenvalue weighted by Crippen LogP contribution is 2.35. The van der Waals surface area contributed by atoms with Crippen LogP contribution < -0.4 is 0 Å². The van der Waals surface area contributed by atoms with Gasteiger partial charge in [-0.25, -0.2) is 0 Å². The lowest BCUT2D eigenvalue weighted by Crippen LogP contribution is -2.32. The Hall–Kier alpha value is -2.30. The normalized spacial score (nSPS) is 14.0. The number of rotatable bonds is 10. The number of carboxylic acid groups (broad SMARTS) is 1. The average Bonchev–Trinajstić information content (AvgIpc) is 3.03. The van der Waals surface area contributed by atoms with E-state index in [1.54, 1.807) is 0 Å². The highest BCUT2D eigenvalue weighted by atomic mass is 16.6. The number of H-pyrrole nitrogens is 1. The summed E-state index contributed by atoms with van der Waals surface area (Å²) in [5.41, 5.74) is 0.476. The monoisotopic (exact) mass is 387 g/mol. The first-order valence-corrected chi connectivity index (χ1v) is 10.2. The number of aromatic nitrogens is 1. The fraction of sp³-hybridized carbons (Fsp3) is 0.565. The first kappa shape index (κ1) is 22.0. The highest BCUT2D eigenvalue weighted by Gasteiger charge is 2.36. The largest absolute Gasteiger partial charge is 0.481 e. The van der Waals surface area contributed by atoms with Crippen molar-refractivity contribution in [3.05, 3.63) is 36.0 Å². The Bertz CT molecular complexity index is 802. The zero-order valence-electron chi connectivity index (χ0n) is 17.5. The predicted molar refractivity (Wildman–Crippen MR) is 111 cm³/mol. The molecule has 0 aliphatic heterocycles. The van der Waals surface area contributed by atoms with E-state index in [0.717, 1.165) is 48.6 Å². The summed E-state index contributed by atoms with van der Waals surface area (Å²) < 4.78 is 5.31. The van der Waals surface area contributed by atoms with E-state index in [0.29, 0.717) is 12.8 Å². The molecule has 1 atom stereocenters. The number of unbranched alkanes of at least 4 members (excludes halogenated alkanes) is 4. The first-order valence-electron chi connectivity index (χ1n) is 10.2. The molecule has 0 aliphatic rings. The summed E-state index contributed by atoms with van der Waals surface area (Å²) in [4.78, 5) is 26.9. The van der Waals surface area contributed by atoms with Crippen molar-refractivity contribution in [1.82, 2.24) is 4.98 Å². The third-order valence-corrected chi connectivity index (χ3v) is 5.13. The van der Waals surface area contributed by atoms with Gasteiger partial charge in [-0.2, -0.15) is 0 Å². The quantitative estimate of drug-likeness (QED) is 0.412. The van der Waals surface area contributed by atoms with Crippen LogP contribution in [0.4, 0.5) is 0 Å². The van der Waals surface area contributed by atoms with Gasteiger partial charge in [-0.15, -0.1) is 0 Å². The summed E-state index contributed by atoms with van der Waals surface area (Å²) in [7, 11) is 0. The SMILES string of the molecule is CC(C)(C)OC(=O)CCCCCCCC(C)(C(=O)O)c1c[nH]c2ccccc12. The summed E-state index contributed by atoms with van der Waals surface area (Å²) in [6.07, 6.45) is 7.43. The maximum Gasteiger partial charge on any atom is 0.313 e. The number of esters is 1. The van der Waals surface area contributed by atoms with Crippen LogP contribution in [-0.2, 0) is 19.7 Å². The minimum Gasteiger partial charge on any atom is -0.481 e. The van der Waals surface area contributed by atoms with Crippen LogP contribution in [0.2, 0.25) is 0 Å². The van der Waals surface area contributed by atoms with Crippen molar-refractivity contribution >= 4 is 22.8 Å². The van der Waals surface area contributed by atoms with E-state index in [-0.39, 0.29) is 5.97 Å². The third-order valence-electron chi connectivity index (χ3n) is 5.13. The van der Waals surface area contributed by atoms with Crippen molar-refractivity contribution in [2.75, 3.05) is 0 Å². The number of benzene rings is 1. The molecule has 0 amide bonds. The second-order valence-corrected chi connectivity index (χ2v) is 8.74. The predicted octanol–water partition coefficient (Wildman–Crippen LogP) is 5.58. The molecule has 2 aromatic rings. The second-order valence-electron chi connectivity index (χ2n) is 8.74. The van der Waals surface area contributed by atoms with Crippen molar-refractivity contribution in [2.24, 2.45) is 0 Å². The molecular formula is C23H33NO4. The van der Waals surface area contributed by atoms with E-state index >= 15 is 0 Å². The van der Waals surface area contributed by atoms with E-state index in [9.17, 15) is 14.7 Å². The minimum atomic E-state index is -0.907. The van der Waals surface area contributed by atoms with Crippen molar-refractivity contribution in [2.45, 2.75) is 83.7 Å². The Morgan fingerprint density at radius 3 is 2.32 bits per heavy atom. The van der Waals surface area contributed by atoms with Crippen LogP contribution in [0.5, 0.6) is 0 Å². The smallest absolute Gasteiger partial charge is 0.313 e. The van der Waals surface area contributed by atoms with Crippen LogP contribution >= 0.6 is 0 Å². The maximum atomic E-state index is 12.1. The Labute approximate surface area is 167 Å². The van der Waals surface area contributed by atoms with Crippen molar-refractivity contribution < 1.29 is 19.4 Å². The number of hydrogen-bond donors (Lipinski definition) is 2. The molecule has 0 aliphatic carbocycles. The van der Waals surface area contributed by atoms with Gasteiger partial charge in [-0.05, 0) is 52.2 Å². The third kappa shape index (κ3) is 5.85. The number of aromatic amines is 1. The number of para-hydroxylation sites is 1. The second kappa shape index (κ2) is 9.26. The highest BCUT2D eigenvalue weighted by molar-refractivity contribution is 5.91. The van der Waals surface area contributed by atoms with Gasteiger partial charge in [0.1, 0.15) is 5.60 Å². The summed E-state index contributed by atoms with van der Waals surface area (Å²) in [6.45, 7) is 7.43. The van der Waals surface area contributed by atoms with E-state index in [1.807, 2.05) is 58.2 Å². The van der Waals surface area contributed by atoms with Gasteiger partial charge in [-0.1, -0.05) is 43.9 Å². The van der Waals surface area contributed by atoms with Crippen LogP contribution in [-0.4, -0.2) is 27.6 Å². The number of carbonyl (C=O) groups is 2. The van der Waals surface area contributed by atoms with Crippen molar-refractivity contribution in [1.29, 1.82) is 0 Å². The van der Waals surface area contributed by atoms with Gasteiger partial charge in [0, 0.05) is 23.5 Å². The topological polar surface area (TPSA) is 79.4 Å². The molecule has 5 nitrogen and oxygen atoms in total. The van der Waals surface area contributed by atoms with Crippen LogP contribution in [0.15, 0.2) is 30.5 Å². The minimum absolute atomic E-state index is 0.148. The molecule has 0 fully saturated rings. The fourth-order valence-electron chi connectivity index (χ4n) is 3.56. The number of hydrogen-bond acceptors (Lipinski definition) is 3. The number of fused-ring (bicyclic) bond motifs is 1. The van der Waals surface area contributed by atoms with Gasteiger partial charge in [0.25, 0.3) is 0 Å². The number of carboxylic acids is 1. The van der Waals surface area contributed by atoms with Gasteiger partial charge in [0.05, 0.1) is 5.41 Å². The molecule has 1 aromatic heterocycles. The zero-order chi connectivity index (χ0) is 20.8. The Morgan fingerprint density at radius 1 is 1.00 bits per heavy atom. The van der Waals surface area contributed by atoms with Crippen LogP contribution in [0.1, 0.15) is 78.2 Å². The summed E-state index contributed by atoms with van der Waals surface area (Å²) in [5.74, 6) is -0.938. The number of aliphatic carboxylic acids is 1. The average molecular weight is 388 g/mol. The number of carbonyl (C=O) groups excluding carboxylic acids is 1. The maximum absolute atomic E-state index is 12.1. The van der Waals surface area contributed by atoms with E-state index in [4.69, 9.17) is 4.74 Å². The van der Waals surface area contributed by atoms with Gasteiger partial charge in [-0.3, -0.25) is 9.59 Å². The van der Waals surface area contributed by atoms with E-state index in [1.165, 1.54) is 0 Å². The molecule has 1 aromatic carbocycles. The fourth-order valence-corrected chi connectivity index (χ4v) is 3.56. The number of ether oxygens (including phenoxy) is 1. The van der Waals surface area contributed by atoms with E-state index < -0.39 is 17.0 Å².